The number of rotatable bonds is 9. The maximum Gasteiger partial charge on any atom is 0.191 e. The highest BCUT2D eigenvalue weighted by molar-refractivity contribution is 7.99. The Labute approximate surface area is 196 Å². The Hall–Kier alpha value is -2.84. The number of nitrogens with zero attached hydrogens (tertiary/aromatic N) is 4. The SMILES string of the molecule is CCn1c(SCC(=O)c2cc(C)n(Cc3cccs3)c2C)nnc1-c1ccc(OC)cc1. The molecule has 166 valence electrons. The Balaban J connectivity index is 1.49. The van der Waals surface area contributed by atoms with Crippen LogP contribution in [-0.2, 0) is 13.1 Å². The summed E-state index contributed by atoms with van der Waals surface area (Å²) in [5.41, 5.74) is 3.86. The second-order valence-corrected chi connectivity index (χ2v) is 9.42. The van der Waals surface area contributed by atoms with E-state index in [9.17, 15) is 4.79 Å². The van der Waals surface area contributed by atoms with Gasteiger partial charge in [0, 0.05) is 33.9 Å². The lowest BCUT2D eigenvalue weighted by Crippen LogP contribution is -2.08. The fourth-order valence-corrected chi connectivity index (χ4v) is 5.31. The van der Waals surface area contributed by atoms with Crippen LogP contribution in [0.2, 0.25) is 0 Å². The van der Waals surface area contributed by atoms with Crippen LogP contribution in [0.5, 0.6) is 5.75 Å². The lowest BCUT2D eigenvalue weighted by atomic mass is 10.2. The van der Waals surface area contributed by atoms with E-state index in [-0.39, 0.29) is 5.78 Å². The van der Waals surface area contributed by atoms with Gasteiger partial charge in [-0.05, 0) is 62.5 Å². The highest BCUT2D eigenvalue weighted by Crippen LogP contribution is 2.27. The summed E-state index contributed by atoms with van der Waals surface area (Å²) < 4.78 is 9.49. The number of carbonyl (C=O) groups is 1. The van der Waals surface area contributed by atoms with E-state index in [2.05, 4.69) is 46.1 Å². The van der Waals surface area contributed by atoms with Crippen LogP contribution in [0.3, 0.4) is 0 Å². The van der Waals surface area contributed by atoms with Gasteiger partial charge in [0.2, 0.25) is 0 Å². The standard InChI is InChI=1S/C24H26N4O2S2/c1-5-27-23(18-8-10-19(30-4)11-9-18)25-26-24(27)32-15-22(29)21-13-16(2)28(17(21)3)14-20-7-6-12-31-20/h6-13H,5,14-15H2,1-4H3. The van der Waals surface area contributed by atoms with Gasteiger partial charge in [-0.25, -0.2) is 0 Å². The Morgan fingerprint density at radius 1 is 1.12 bits per heavy atom. The first-order valence-corrected chi connectivity index (χ1v) is 12.3. The zero-order chi connectivity index (χ0) is 22.7. The van der Waals surface area contributed by atoms with Gasteiger partial charge in [0.05, 0.1) is 19.4 Å². The van der Waals surface area contributed by atoms with E-state index in [0.717, 1.165) is 52.3 Å². The van der Waals surface area contributed by atoms with E-state index >= 15 is 0 Å². The smallest absolute Gasteiger partial charge is 0.191 e. The maximum absolute atomic E-state index is 13.1. The third-order valence-corrected chi connectivity index (χ3v) is 7.31. The molecule has 0 unspecified atom stereocenters. The summed E-state index contributed by atoms with van der Waals surface area (Å²) in [6.45, 7) is 7.65. The number of methoxy groups -OCH3 is 1. The summed E-state index contributed by atoms with van der Waals surface area (Å²) >= 11 is 3.17. The first-order valence-electron chi connectivity index (χ1n) is 10.4. The number of hydrogen-bond donors (Lipinski definition) is 0. The zero-order valence-electron chi connectivity index (χ0n) is 18.7. The molecule has 4 rings (SSSR count). The minimum Gasteiger partial charge on any atom is -0.497 e. The van der Waals surface area contributed by atoms with E-state index in [4.69, 9.17) is 4.74 Å². The number of thiophene rings is 1. The fraction of sp³-hybridized carbons (Fsp3) is 0.292. The molecule has 8 heteroatoms. The maximum atomic E-state index is 13.1. The van der Waals surface area contributed by atoms with Crippen molar-refractivity contribution in [3.63, 3.8) is 0 Å². The lowest BCUT2D eigenvalue weighted by molar-refractivity contribution is 0.102. The number of aromatic nitrogens is 4. The van der Waals surface area contributed by atoms with E-state index in [1.54, 1.807) is 18.4 Å². The van der Waals surface area contributed by atoms with Crippen LogP contribution < -0.4 is 4.74 Å². The molecule has 0 N–H and O–H groups in total. The van der Waals surface area contributed by atoms with Crippen molar-refractivity contribution in [2.75, 3.05) is 12.9 Å². The number of Topliss-reactive ketones (excluding diaryl/α,β-unsaturated/α-hetero) is 1. The van der Waals surface area contributed by atoms with Crippen molar-refractivity contribution in [2.45, 2.75) is 39.0 Å². The average molecular weight is 467 g/mol. The van der Waals surface area contributed by atoms with Crippen LogP contribution in [0.15, 0.2) is 53.0 Å². The quantitative estimate of drug-likeness (QED) is 0.242. The van der Waals surface area contributed by atoms with Gasteiger partial charge >= 0.3 is 0 Å². The molecule has 0 amide bonds. The molecule has 4 aromatic rings. The Morgan fingerprint density at radius 3 is 2.56 bits per heavy atom. The molecular formula is C24H26N4O2S2. The normalized spacial score (nSPS) is 11.1. The zero-order valence-corrected chi connectivity index (χ0v) is 20.3. The fourth-order valence-electron chi connectivity index (χ4n) is 3.73. The molecule has 6 nitrogen and oxygen atoms in total. The van der Waals surface area contributed by atoms with Crippen molar-refractivity contribution in [3.8, 4) is 17.1 Å². The molecule has 3 heterocycles. The molecule has 1 aromatic carbocycles. The molecule has 0 radical (unpaired) electrons. The molecule has 3 aromatic heterocycles. The van der Waals surface area contributed by atoms with Crippen molar-refractivity contribution >= 4 is 28.9 Å². The van der Waals surface area contributed by atoms with Crippen LogP contribution in [0.25, 0.3) is 11.4 Å². The minimum absolute atomic E-state index is 0.109. The molecule has 0 saturated heterocycles. The summed E-state index contributed by atoms with van der Waals surface area (Å²) in [4.78, 5) is 14.3. The Bertz CT molecular complexity index is 1210. The van der Waals surface area contributed by atoms with Crippen molar-refractivity contribution in [3.05, 3.63) is 69.7 Å². The predicted octanol–water partition coefficient (Wildman–Crippen LogP) is 5.48. The van der Waals surface area contributed by atoms with Gasteiger partial charge in [0.25, 0.3) is 0 Å². The van der Waals surface area contributed by atoms with E-state index in [0.29, 0.717) is 5.75 Å². The number of carbonyl (C=O) groups excluding carboxylic acids is 1. The molecule has 0 spiro atoms. The summed E-state index contributed by atoms with van der Waals surface area (Å²) in [6, 6.07) is 13.9. The van der Waals surface area contributed by atoms with Crippen LogP contribution >= 0.6 is 23.1 Å². The summed E-state index contributed by atoms with van der Waals surface area (Å²) in [5.74, 6) is 2.02. The number of aryl methyl sites for hydroxylation is 1. The monoisotopic (exact) mass is 466 g/mol. The first-order chi connectivity index (χ1) is 15.5. The topological polar surface area (TPSA) is 61.9 Å². The molecule has 0 bridgehead atoms. The van der Waals surface area contributed by atoms with Crippen LogP contribution in [0.1, 0.15) is 33.5 Å². The Morgan fingerprint density at radius 2 is 1.91 bits per heavy atom. The van der Waals surface area contributed by atoms with Crippen molar-refractivity contribution < 1.29 is 9.53 Å². The van der Waals surface area contributed by atoms with Crippen molar-refractivity contribution in [1.29, 1.82) is 0 Å². The highest BCUT2D eigenvalue weighted by Gasteiger charge is 2.19. The molecular weight excluding hydrogens is 440 g/mol. The second kappa shape index (κ2) is 9.75. The lowest BCUT2D eigenvalue weighted by Gasteiger charge is -2.09. The first kappa shape index (κ1) is 22.4. The second-order valence-electron chi connectivity index (χ2n) is 7.44. The summed E-state index contributed by atoms with van der Waals surface area (Å²) in [7, 11) is 1.65. The average Bonchev–Trinajstić information content (AvgIpc) is 3.53. The number of hydrogen-bond acceptors (Lipinski definition) is 6. The van der Waals surface area contributed by atoms with Crippen molar-refractivity contribution in [2.24, 2.45) is 0 Å². The van der Waals surface area contributed by atoms with E-state index in [1.165, 1.54) is 16.6 Å². The molecule has 0 saturated carbocycles. The molecule has 32 heavy (non-hydrogen) atoms. The summed E-state index contributed by atoms with van der Waals surface area (Å²) in [6.07, 6.45) is 0. The third kappa shape index (κ3) is 4.52. The number of ether oxygens (including phenoxy) is 1. The number of ketones is 1. The van der Waals surface area contributed by atoms with Crippen LogP contribution in [-0.4, -0.2) is 38.0 Å². The number of thioether (sulfide) groups is 1. The number of benzene rings is 1. The molecule has 0 atom stereocenters. The van der Waals surface area contributed by atoms with Gasteiger partial charge in [-0.2, -0.15) is 0 Å². The molecule has 0 aliphatic heterocycles. The van der Waals surface area contributed by atoms with Crippen LogP contribution in [0, 0.1) is 13.8 Å². The highest BCUT2D eigenvalue weighted by atomic mass is 32.2. The molecule has 0 aliphatic rings. The van der Waals surface area contributed by atoms with Crippen LogP contribution in [0.4, 0.5) is 0 Å². The minimum atomic E-state index is 0.109. The third-order valence-electron chi connectivity index (χ3n) is 5.48. The van der Waals surface area contributed by atoms with Gasteiger partial charge in [-0.15, -0.1) is 21.5 Å². The summed E-state index contributed by atoms with van der Waals surface area (Å²) in [5, 5.41) is 11.6. The largest absolute Gasteiger partial charge is 0.497 e. The van der Waals surface area contributed by atoms with Crippen molar-refractivity contribution in [1.82, 2.24) is 19.3 Å². The van der Waals surface area contributed by atoms with Gasteiger partial charge in [-0.1, -0.05) is 17.8 Å². The predicted molar refractivity (Wildman–Crippen MR) is 130 cm³/mol. The van der Waals surface area contributed by atoms with Gasteiger partial charge in [0.1, 0.15) is 5.75 Å². The molecule has 0 fully saturated rings. The van der Waals surface area contributed by atoms with E-state index in [1.807, 2.05) is 41.8 Å². The van der Waals surface area contributed by atoms with E-state index < -0.39 is 0 Å². The van der Waals surface area contributed by atoms with Gasteiger partial charge in [0.15, 0.2) is 16.8 Å². The Kier molecular flexibility index (Phi) is 6.81. The molecule has 0 aliphatic carbocycles. The van der Waals surface area contributed by atoms with Gasteiger partial charge in [-0.3, -0.25) is 4.79 Å². The van der Waals surface area contributed by atoms with Gasteiger partial charge < -0.3 is 13.9 Å².